The molecule has 0 fully saturated rings. The van der Waals surface area contributed by atoms with Gasteiger partial charge in [0.25, 0.3) is 6.43 Å². The molecule has 0 unspecified atom stereocenters. The highest BCUT2D eigenvalue weighted by Crippen LogP contribution is 2.43. The molecule has 0 aliphatic carbocycles. The first-order valence-electron chi connectivity index (χ1n) is 5.04. The summed E-state index contributed by atoms with van der Waals surface area (Å²) in [6, 6.07) is 3.36. The van der Waals surface area contributed by atoms with Crippen molar-refractivity contribution in [3.8, 4) is 0 Å². The molecule has 0 bridgehead atoms. The first-order valence-corrected chi connectivity index (χ1v) is 5.04. The lowest BCUT2D eigenvalue weighted by Crippen LogP contribution is -2.48. The van der Waals surface area contributed by atoms with Gasteiger partial charge in [0.1, 0.15) is 0 Å². The lowest BCUT2D eigenvalue weighted by Gasteiger charge is -2.30. The molecular formula is C11H10F5NO2. The standard InChI is InChI=1S/C11H10F5NO2/c1-6(18)17-8-4-2-7(3-5-8)10(19,9(12)13)11(14,15)16/h2-5,9,19H,1H3,(H,17,18)/t10-/m1/s1. The highest BCUT2D eigenvalue weighted by molar-refractivity contribution is 5.88. The van der Waals surface area contributed by atoms with E-state index in [2.05, 4.69) is 5.32 Å². The molecule has 3 nitrogen and oxygen atoms in total. The molecule has 0 heterocycles. The maximum absolute atomic E-state index is 12.6. The fourth-order valence-electron chi connectivity index (χ4n) is 1.42. The number of halogens is 5. The van der Waals surface area contributed by atoms with Gasteiger partial charge in [-0.1, -0.05) is 12.1 Å². The number of rotatable bonds is 3. The zero-order valence-electron chi connectivity index (χ0n) is 9.63. The second kappa shape index (κ2) is 5.12. The van der Waals surface area contributed by atoms with Crippen LogP contribution in [0.4, 0.5) is 27.6 Å². The van der Waals surface area contributed by atoms with Gasteiger partial charge in [0, 0.05) is 12.6 Å². The van der Waals surface area contributed by atoms with Crippen LogP contribution in [0.1, 0.15) is 12.5 Å². The summed E-state index contributed by atoms with van der Waals surface area (Å²) >= 11 is 0. The maximum Gasteiger partial charge on any atom is 0.427 e. The molecule has 19 heavy (non-hydrogen) atoms. The Kier molecular flexibility index (Phi) is 4.14. The first kappa shape index (κ1) is 15.4. The number of aliphatic hydroxyl groups is 1. The molecule has 0 aliphatic rings. The van der Waals surface area contributed by atoms with Gasteiger partial charge < -0.3 is 10.4 Å². The molecule has 8 heteroatoms. The predicted molar refractivity (Wildman–Crippen MR) is 56.7 cm³/mol. The van der Waals surface area contributed by atoms with Crippen molar-refractivity contribution in [1.82, 2.24) is 0 Å². The third-order valence-corrected chi connectivity index (χ3v) is 2.39. The summed E-state index contributed by atoms with van der Waals surface area (Å²) in [6.45, 7) is 1.18. The molecule has 0 radical (unpaired) electrons. The predicted octanol–water partition coefficient (Wildman–Crippen LogP) is 2.66. The van der Waals surface area contributed by atoms with Gasteiger partial charge in [-0.3, -0.25) is 4.79 Å². The van der Waals surface area contributed by atoms with Crippen LogP contribution >= 0.6 is 0 Å². The number of nitrogens with one attached hydrogen (secondary N) is 1. The van der Waals surface area contributed by atoms with E-state index in [1.165, 1.54) is 6.92 Å². The second-order valence-corrected chi connectivity index (χ2v) is 3.82. The van der Waals surface area contributed by atoms with Crippen molar-refractivity contribution >= 4 is 11.6 Å². The van der Waals surface area contributed by atoms with Crippen LogP contribution in [0.25, 0.3) is 0 Å². The van der Waals surface area contributed by atoms with Gasteiger partial charge in [-0.2, -0.15) is 13.2 Å². The van der Waals surface area contributed by atoms with Gasteiger partial charge in [-0.15, -0.1) is 0 Å². The van der Waals surface area contributed by atoms with E-state index in [1.807, 2.05) is 0 Å². The normalized spacial score (nSPS) is 15.2. The Morgan fingerprint density at radius 2 is 1.68 bits per heavy atom. The topological polar surface area (TPSA) is 49.3 Å². The van der Waals surface area contributed by atoms with E-state index in [9.17, 15) is 31.9 Å². The summed E-state index contributed by atoms with van der Waals surface area (Å²) in [7, 11) is 0. The van der Waals surface area contributed by atoms with Crippen LogP contribution in [-0.2, 0) is 10.4 Å². The van der Waals surface area contributed by atoms with Gasteiger partial charge in [0.2, 0.25) is 11.5 Å². The minimum Gasteiger partial charge on any atom is -0.372 e. The van der Waals surface area contributed by atoms with Crippen LogP contribution < -0.4 is 5.32 Å². The van der Waals surface area contributed by atoms with E-state index in [0.29, 0.717) is 12.1 Å². The minimum atomic E-state index is -5.52. The summed E-state index contributed by atoms with van der Waals surface area (Å²) in [6.07, 6.45) is -9.55. The number of amides is 1. The Morgan fingerprint density at radius 1 is 1.21 bits per heavy atom. The molecule has 1 rings (SSSR count). The summed E-state index contributed by atoms with van der Waals surface area (Å²) in [5, 5.41) is 11.5. The van der Waals surface area contributed by atoms with Crippen LogP contribution in [0.2, 0.25) is 0 Å². The zero-order valence-corrected chi connectivity index (χ0v) is 9.63. The third-order valence-electron chi connectivity index (χ3n) is 2.39. The molecule has 0 spiro atoms. The number of hydrogen-bond donors (Lipinski definition) is 2. The van der Waals surface area contributed by atoms with E-state index in [0.717, 1.165) is 12.1 Å². The van der Waals surface area contributed by atoms with Gasteiger partial charge in [-0.25, -0.2) is 8.78 Å². The molecular weight excluding hydrogens is 273 g/mol. The molecule has 0 aromatic heterocycles. The summed E-state index contributed by atoms with van der Waals surface area (Å²) < 4.78 is 62.7. The quantitative estimate of drug-likeness (QED) is 0.838. The monoisotopic (exact) mass is 283 g/mol. The third kappa shape index (κ3) is 3.01. The molecule has 106 valence electrons. The lowest BCUT2D eigenvalue weighted by molar-refractivity contribution is -0.305. The Morgan fingerprint density at radius 3 is 2.00 bits per heavy atom. The average Bonchev–Trinajstić information content (AvgIpc) is 2.26. The molecule has 1 atom stereocenters. The van der Waals surface area contributed by atoms with Crippen molar-refractivity contribution < 1.29 is 31.9 Å². The first-order chi connectivity index (χ1) is 8.59. The number of anilines is 1. The van der Waals surface area contributed by atoms with Crippen molar-refractivity contribution in [2.24, 2.45) is 0 Å². The second-order valence-electron chi connectivity index (χ2n) is 3.82. The van der Waals surface area contributed by atoms with E-state index in [-0.39, 0.29) is 5.69 Å². The highest BCUT2D eigenvalue weighted by atomic mass is 19.4. The van der Waals surface area contributed by atoms with Crippen molar-refractivity contribution in [2.45, 2.75) is 25.1 Å². The summed E-state index contributed by atoms with van der Waals surface area (Å²) in [5.41, 5.74) is -5.10. The van der Waals surface area contributed by atoms with E-state index >= 15 is 0 Å². The zero-order chi connectivity index (χ0) is 14.8. The fraction of sp³-hybridized carbons (Fsp3) is 0.364. The number of hydrogen-bond acceptors (Lipinski definition) is 2. The van der Waals surface area contributed by atoms with Crippen LogP contribution in [0.5, 0.6) is 0 Å². The molecule has 1 aromatic carbocycles. The van der Waals surface area contributed by atoms with E-state index < -0.39 is 29.7 Å². The van der Waals surface area contributed by atoms with Crippen molar-refractivity contribution in [2.75, 3.05) is 5.32 Å². The highest BCUT2D eigenvalue weighted by Gasteiger charge is 2.61. The average molecular weight is 283 g/mol. The SMILES string of the molecule is CC(=O)Nc1ccc([C@@](O)(C(F)F)C(F)(F)F)cc1. The molecule has 0 saturated carbocycles. The Bertz CT molecular complexity index is 457. The molecule has 0 aliphatic heterocycles. The number of carbonyl (C=O) groups excluding carboxylic acids is 1. The van der Waals surface area contributed by atoms with Crippen LogP contribution in [0, 0.1) is 0 Å². The number of benzene rings is 1. The molecule has 2 N–H and O–H groups in total. The van der Waals surface area contributed by atoms with Gasteiger partial charge >= 0.3 is 6.18 Å². The minimum absolute atomic E-state index is 0.134. The van der Waals surface area contributed by atoms with Crippen LogP contribution in [-0.4, -0.2) is 23.6 Å². The maximum atomic E-state index is 12.6. The number of carbonyl (C=O) groups is 1. The lowest BCUT2D eigenvalue weighted by atomic mass is 9.93. The van der Waals surface area contributed by atoms with Gasteiger partial charge in [0.05, 0.1) is 0 Å². The van der Waals surface area contributed by atoms with Crippen molar-refractivity contribution in [3.63, 3.8) is 0 Å². The largest absolute Gasteiger partial charge is 0.427 e. The summed E-state index contributed by atoms with van der Waals surface area (Å²) in [4.78, 5) is 10.7. The van der Waals surface area contributed by atoms with E-state index in [1.54, 1.807) is 0 Å². The molecule has 0 saturated heterocycles. The molecule has 1 amide bonds. The molecule has 1 aromatic rings. The van der Waals surface area contributed by atoms with Crippen LogP contribution in [0.15, 0.2) is 24.3 Å². The van der Waals surface area contributed by atoms with Crippen molar-refractivity contribution in [1.29, 1.82) is 0 Å². The number of alkyl halides is 5. The van der Waals surface area contributed by atoms with E-state index in [4.69, 9.17) is 0 Å². The van der Waals surface area contributed by atoms with Crippen molar-refractivity contribution in [3.05, 3.63) is 29.8 Å². The van der Waals surface area contributed by atoms with Crippen LogP contribution in [0.3, 0.4) is 0 Å². The summed E-state index contributed by atoms with van der Waals surface area (Å²) in [5.74, 6) is -0.465. The van der Waals surface area contributed by atoms with Gasteiger partial charge in [-0.05, 0) is 17.7 Å². The van der Waals surface area contributed by atoms with Gasteiger partial charge in [0.15, 0.2) is 0 Å². The smallest absolute Gasteiger partial charge is 0.372 e. The fourth-order valence-corrected chi connectivity index (χ4v) is 1.42. The Labute approximate surface area is 105 Å². The Balaban J connectivity index is 3.16. The Hall–Kier alpha value is -1.70.